The molecular weight excluding hydrogens is 312 g/mol. The quantitative estimate of drug-likeness (QED) is 0.644. The highest BCUT2D eigenvalue weighted by molar-refractivity contribution is 6.10. The van der Waals surface area contributed by atoms with Gasteiger partial charge in [0.15, 0.2) is 0 Å². The molecule has 25 heavy (non-hydrogen) atoms. The molecule has 0 radical (unpaired) electrons. The van der Waals surface area contributed by atoms with Crippen molar-refractivity contribution in [3.63, 3.8) is 0 Å². The number of nitriles is 1. The van der Waals surface area contributed by atoms with E-state index in [0.29, 0.717) is 6.61 Å². The number of anilines is 1. The molecule has 0 spiro atoms. The zero-order valence-electron chi connectivity index (χ0n) is 15.0. The van der Waals surface area contributed by atoms with Gasteiger partial charge in [0.05, 0.1) is 6.61 Å². The van der Waals surface area contributed by atoms with E-state index < -0.39 is 5.91 Å². The Hall–Kier alpha value is -3.06. The van der Waals surface area contributed by atoms with Crippen molar-refractivity contribution in [1.29, 1.82) is 5.26 Å². The van der Waals surface area contributed by atoms with E-state index in [2.05, 4.69) is 5.32 Å². The first-order chi connectivity index (χ1) is 11.9. The van der Waals surface area contributed by atoms with E-state index in [1.165, 1.54) is 0 Å². The second-order valence-electron chi connectivity index (χ2n) is 5.90. The van der Waals surface area contributed by atoms with Gasteiger partial charge in [-0.1, -0.05) is 29.8 Å². The minimum absolute atomic E-state index is 0.0588. The van der Waals surface area contributed by atoms with E-state index in [-0.39, 0.29) is 5.57 Å². The molecule has 0 aliphatic rings. The largest absolute Gasteiger partial charge is 0.494 e. The number of carbonyl (C=O) groups excluding carboxylic acids is 1. The third kappa shape index (κ3) is 4.71. The van der Waals surface area contributed by atoms with Crippen LogP contribution in [0.1, 0.15) is 29.2 Å². The summed E-state index contributed by atoms with van der Waals surface area (Å²) < 4.78 is 5.39. The maximum atomic E-state index is 12.5. The summed E-state index contributed by atoms with van der Waals surface area (Å²) in [6.07, 6.45) is 1.57. The van der Waals surface area contributed by atoms with E-state index in [0.717, 1.165) is 33.7 Å². The Bertz CT molecular complexity index is 820. The first kappa shape index (κ1) is 18.3. The van der Waals surface area contributed by atoms with Gasteiger partial charge in [0.1, 0.15) is 17.4 Å². The molecule has 128 valence electrons. The molecule has 0 bridgehead atoms. The van der Waals surface area contributed by atoms with Gasteiger partial charge in [-0.3, -0.25) is 4.79 Å². The lowest BCUT2D eigenvalue weighted by Gasteiger charge is -2.12. The molecule has 1 amide bonds. The van der Waals surface area contributed by atoms with Gasteiger partial charge in [0, 0.05) is 5.69 Å². The number of amides is 1. The van der Waals surface area contributed by atoms with Crippen LogP contribution in [0.25, 0.3) is 6.08 Å². The number of rotatable bonds is 5. The van der Waals surface area contributed by atoms with Gasteiger partial charge < -0.3 is 10.1 Å². The number of hydrogen-bond acceptors (Lipinski definition) is 3. The molecule has 4 nitrogen and oxygen atoms in total. The van der Waals surface area contributed by atoms with Crippen molar-refractivity contribution >= 4 is 17.7 Å². The van der Waals surface area contributed by atoms with Crippen molar-refractivity contribution in [3.05, 3.63) is 64.2 Å². The van der Waals surface area contributed by atoms with Crippen molar-refractivity contribution in [2.45, 2.75) is 27.7 Å². The molecule has 0 atom stereocenters. The normalized spacial score (nSPS) is 10.9. The van der Waals surface area contributed by atoms with Gasteiger partial charge >= 0.3 is 0 Å². The Balaban J connectivity index is 2.23. The number of aryl methyl sites for hydroxylation is 3. The Labute approximate surface area is 148 Å². The van der Waals surface area contributed by atoms with Crippen LogP contribution in [0, 0.1) is 32.1 Å². The first-order valence-electron chi connectivity index (χ1n) is 8.18. The second kappa shape index (κ2) is 8.16. The van der Waals surface area contributed by atoms with E-state index in [9.17, 15) is 10.1 Å². The zero-order valence-corrected chi connectivity index (χ0v) is 15.0. The summed E-state index contributed by atoms with van der Waals surface area (Å²) in [5.74, 6) is 0.347. The number of nitrogens with one attached hydrogen (secondary N) is 1. The van der Waals surface area contributed by atoms with Gasteiger partial charge in [-0.2, -0.15) is 5.26 Å². The van der Waals surface area contributed by atoms with E-state index >= 15 is 0 Å². The van der Waals surface area contributed by atoms with E-state index in [4.69, 9.17) is 4.74 Å². The highest BCUT2D eigenvalue weighted by Crippen LogP contribution is 2.23. The zero-order chi connectivity index (χ0) is 18.4. The first-order valence-corrected chi connectivity index (χ1v) is 8.18. The summed E-state index contributed by atoms with van der Waals surface area (Å²) in [5, 5.41) is 12.2. The summed E-state index contributed by atoms with van der Waals surface area (Å²) in [4.78, 5) is 12.5. The van der Waals surface area contributed by atoms with Crippen LogP contribution in [0.5, 0.6) is 5.75 Å². The van der Waals surface area contributed by atoms with Gasteiger partial charge in [-0.25, -0.2) is 0 Å². The summed E-state index contributed by atoms with van der Waals surface area (Å²) in [6, 6.07) is 13.3. The number of hydrogen-bond donors (Lipinski definition) is 1. The van der Waals surface area contributed by atoms with Crippen molar-refractivity contribution in [2.75, 3.05) is 11.9 Å². The van der Waals surface area contributed by atoms with Crippen LogP contribution >= 0.6 is 0 Å². The summed E-state index contributed by atoms with van der Waals surface area (Å²) in [6.45, 7) is 8.41. The van der Waals surface area contributed by atoms with Crippen LogP contribution in [-0.2, 0) is 4.79 Å². The molecule has 2 rings (SSSR count). The molecule has 0 aromatic heterocycles. The Morgan fingerprint density at radius 3 is 2.28 bits per heavy atom. The van der Waals surface area contributed by atoms with E-state index in [1.54, 1.807) is 6.08 Å². The molecule has 2 aromatic rings. The number of ether oxygens (including phenoxy) is 1. The Morgan fingerprint density at radius 1 is 1.16 bits per heavy atom. The molecule has 2 aromatic carbocycles. The van der Waals surface area contributed by atoms with E-state index in [1.807, 2.05) is 70.2 Å². The predicted octanol–water partition coefficient (Wildman–Crippen LogP) is 4.56. The molecule has 0 saturated heterocycles. The highest BCUT2D eigenvalue weighted by atomic mass is 16.5. The maximum Gasteiger partial charge on any atom is 0.266 e. The number of carbonyl (C=O) groups is 1. The lowest BCUT2D eigenvalue weighted by atomic mass is 10.0. The van der Waals surface area contributed by atoms with Crippen LogP contribution in [0.15, 0.2) is 42.0 Å². The van der Waals surface area contributed by atoms with Gasteiger partial charge in [0.25, 0.3) is 5.91 Å². The van der Waals surface area contributed by atoms with Crippen LogP contribution in [0.4, 0.5) is 5.69 Å². The second-order valence-corrected chi connectivity index (χ2v) is 5.90. The SMILES string of the molecule is CCOc1ccc(C=C(C#N)C(=O)Nc2c(C)cc(C)cc2C)cc1. The predicted molar refractivity (Wildman–Crippen MR) is 100 cm³/mol. The molecule has 0 aliphatic heterocycles. The van der Waals surface area contributed by atoms with Crippen LogP contribution in [0.3, 0.4) is 0 Å². The Kier molecular flexibility index (Phi) is 5.97. The average molecular weight is 334 g/mol. The minimum atomic E-state index is -0.411. The smallest absolute Gasteiger partial charge is 0.266 e. The molecule has 4 heteroatoms. The molecule has 0 unspecified atom stereocenters. The van der Waals surface area contributed by atoms with Crippen molar-refractivity contribution in [1.82, 2.24) is 0 Å². The third-order valence-electron chi connectivity index (χ3n) is 3.78. The summed E-state index contributed by atoms with van der Waals surface area (Å²) in [5.41, 5.74) is 4.67. The van der Waals surface area contributed by atoms with Crippen molar-refractivity contribution in [2.24, 2.45) is 0 Å². The van der Waals surface area contributed by atoms with Crippen LogP contribution in [-0.4, -0.2) is 12.5 Å². The fourth-order valence-corrected chi connectivity index (χ4v) is 2.70. The fraction of sp³-hybridized carbons (Fsp3) is 0.238. The summed E-state index contributed by atoms with van der Waals surface area (Å²) >= 11 is 0. The fourth-order valence-electron chi connectivity index (χ4n) is 2.70. The molecule has 0 aliphatic carbocycles. The standard InChI is InChI=1S/C21H22N2O2/c1-5-25-19-8-6-17(7-9-19)12-18(13-22)21(24)23-20-15(3)10-14(2)11-16(20)4/h6-12H,5H2,1-4H3,(H,23,24). The monoisotopic (exact) mass is 334 g/mol. The van der Waals surface area contributed by atoms with Gasteiger partial charge in [-0.15, -0.1) is 0 Å². The molecule has 0 saturated carbocycles. The lowest BCUT2D eigenvalue weighted by molar-refractivity contribution is -0.112. The minimum Gasteiger partial charge on any atom is -0.494 e. The van der Waals surface area contributed by atoms with Crippen LogP contribution in [0.2, 0.25) is 0 Å². The average Bonchev–Trinajstić information content (AvgIpc) is 2.57. The maximum absolute atomic E-state index is 12.5. The Morgan fingerprint density at radius 2 is 1.76 bits per heavy atom. The lowest BCUT2D eigenvalue weighted by Crippen LogP contribution is -2.15. The molecule has 0 fully saturated rings. The topological polar surface area (TPSA) is 62.1 Å². The van der Waals surface area contributed by atoms with Crippen LogP contribution < -0.4 is 10.1 Å². The molecular formula is C21H22N2O2. The van der Waals surface area contributed by atoms with Crippen molar-refractivity contribution in [3.8, 4) is 11.8 Å². The highest BCUT2D eigenvalue weighted by Gasteiger charge is 2.13. The molecule has 1 N–H and O–H groups in total. The molecule has 0 heterocycles. The van der Waals surface area contributed by atoms with Gasteiger partial charge in [0.2, 0.25) is 0 Å². The third-order valence-corrected chi connectivity index (χ3v) is 3.78. The van der Waals surface area contributed by atoms with Gasteiger partial charge in [-0.05, 0) is 62.6 Å². The van der Waals surface area contributed by atoms with Crippen molar-refractivity contribution < 1.29 is 9.53 Å². The number of nitrogens with zero attached hydrogens (tertiary/aromatic N) is 1. The summed E-state index contributed by atoms with van der Waals surface area (Å²) in [7, 11) is 0. The number of benzene rings is 2.